The van der Waals surface area contributed by atoms with Crippen LogP contribution in [-0.4, -0.2) is 30.1 Å². The molecule has 0 saturated heterocycles. The van der Waals surface area contributed by atoms with Crippen LogP contribution in [0.25, 0.3) is 11.3 Å². The van der Waals surface area contributed by atoms with Crippen LogP contribution in [0.1, 0.15) is 15.9 Å². The van der Waals surface area contributed by atoms with E-state index in [1.54, 1.807) is 5.38 Å². The zero-order valence-electron chi connectivity index (χ0n) is 15.2. The van der Waals surface area contributed by atoms with Gasteiger partial charge in [-0.1, -0.05) is 42.0 Å². The summed E-state index contributed by atoms with van der Waals surface area (Å²) in [5.74, 6) is -1.87. The zero-order chi connectivity index (χ0) is 20.8. The Balaban J connectivity index is 1.57. The lowest BCUT2D eigenvalue weighted by Gasteiger charge is -2.10. The molecule has 0 atom stereocenters. The molecule has 0 fully saturated rings. The molecule has 9 heteroatoms. The molecule has 0 aliphatic rings. The van der Waals surface area contributed by atoms with E-state index < -0.39 is 25.1 Å². The van der Waals surface area contributed by atoms with E-state index >= 15 is 0 Å². The molecule has 3 aromatic rings. The topological polar surface area (TPSA) is 77.5 Å². The number of benzene rings is 2. The van der Waals surface area contributed by atoms with Gasteiger partial charge in [0.25, 0.3) is 5.91 Å². The SMILES string of the molecule is Cc1ccc(-c2csc(NC(=O)COC(=O)c3ccccc3OC(F)F)n2)cc1. The summed E-state index contributed by atoms with van der Waals surface area (Å²) in [6.45, 7) is -1.70. The first-order chi connectivity index (χ1) is 13.9. The molecule has 0 unspecified atom stereocenters. The zero-order valence-corrected chi connectivity index (χ0v) is 16.0. The summed E-state index contributed by atoms with van der Waals surface area (Å²) in [5, 5.41) is 4.68. The van der Waals surface area contributed by atoms with E-state index in [0.29, 0.717) is 10.8 Å². The lowest BCUT2D eigenvalue weighted by Crippen LogP contribution is -2.21. The molecule has 150 valence electrons. The van der Waals surface area contributed by atoms with Crippen molar-refractivity contribution in [2.45, 2.75) is 13.5 Å². The standard InChI is InChI=1S/C20H16F2N2O4S/c1-12-6-8-13(9-7-12)15-11-29-20(23-15)24-17(25)10-27-18(26)14-4-2-3-5-16(14)28-19(21)22/h2-9,11,19H,10H2,1H3,(H,23,24,25). The first-order valence-corrected chi connectivity index (χ1v) is 9.33. The van der Waals surface area contributed by atoms with Crippen LogP contribution in [0.5, 0.6) is 5.75 Å². The molecule has 0 radical (unpaired) electrons. The lowest BCUT2D eigenvalue weighted by atomic mass is 10.1. The van der Waals surface area contributed by atoms with Gasteiger partial charge in [-0.2, -0.15) is 8.78 Å². The number of carbonyl (C=O) groups is 2. The number of nitrogens with one attached hydrogen (secondary N) is 1. The Morgan fingerprint density at radius 2 is 1.86 bits per heavy atom. The second-order valence-electron chi connectivity index (χ2n) is 5.90. The molecule has 0 spiro atoms. The van der Waals surface area contributed by atoms with Crippen molar-refractivity contribution in [2.24, 2.45) is 0 Å². The van der Waals surface area contributed by atoms with E-state index in [2.05, 4.69) is 15.0 Å². The summed E-state index contributed by atoms with van der Waals surface area (Å²) in [4.78, 5) is 28.4. The molecule has 1 N–H and O–H groups in total. The Bertz CT molecular complexity index is 1010. The summed E-state index contributed by atoms with van der Waals surface area (Å²) in [6, 6.07) is 13.2. The van der Waals surface area contributed by atoms with Gasteiger partial charge >= 0.3 is 12.6 Å². The van der Waals surface area contributed by atoms with Crippen molar-refractivity contribution in [3.05, 3.63) is 65.0 Å². The Morgan fingerprint density at radius 1 is 1.14 bits per heavy atom. The number of nitrogens with zero attached hydrogens (tertiary/aromatic N) is 1. The highest BCUT2D eigenvalue weighted by Gasteiger charge is 2.18. The van der Waals surface area contributed by atoms with E-state index in [1.165, 1.54) is 35.6 Å². The molecule has 0 aliphatic heterocycles. The minimum absolute atomic E-state index is 0.198. The smallest absolute Gasteiger partial charge is 0.387 e. The van der Waals surface area contributed by atoms with Crippen LogP contribution in [0.2, 0.25) is 0 Å². The van der Waals surface area contributed by atoms with Crippen molar-refractivity contribution < 1.29 is 27.8 Å². The fourth-order valence-electron chi connectivity index (χ4n) is 2.39. The van der Waals surface area contributed by atoms with Gasteiger partial charge in [0.15, 0.2) is 11.7 Å². The van der Waals surface area contributed by atoms with Crippen LogP contribution in [0.15, 0.2) is 53.9 Å². The number of carbonyl (C=O) groups excluding carboxylic acids is 2. The third-order valence-corrected chi connectivity index (χ3v) is 4.51. The van der Waals surface area contributed by atoms with Crippen molar-refractivity contribution in [3.8, 4) is 17.0 Å². The summed E-state index contributed by atoms with van der Waals surface area (Å²) >= 11 is 1.23. The molecule has 1 amide bonds. The molecule has 3 rings (SSSR count). The molecule has 1 aromatic heterocycles. The van der Waals surface area contributed by atoms with Crippen LogP contribution in [0, 0.1) is 6.92 Å². The van der Waals surface area contributed by atoms with Crippen LogP contribution >= 0.6 is 11.3 Å². The second kappa shape index (κ2) is 9.24. The van der Waals surface area contributed by atoms with Gasteiger partial charge in [0.2, 0.25) is 0 Å². The first-order valence-electron chi connectivity index (χ1n) is 8.46. The Hall–Kier alpha value is -3.33. The maximum Gasteiger partial charge on any atom is 0.387 e. The molecule has 1 heterocycles. The van der Waals surface area contributed by atoms with Gasteiger partial charge in [-0.15, -0.1) is 11.3 Å². The van der Waals surface area contributed by atoms with Crippen LogP contribution in [0.3, 0.4) is 0 Å². The molecule has 6 nitrogen and oxygen atoms in total. The average Bonchev–Trinajstić information content (AvgIpc) is 3.15. The number of alkyl halides is 2. The van der Waals surface area contributed by atoms with Crippen molar-refractivity contribution >= 4 is 28.3 Å². The fourth-order valence-corrected chi connectivity index (χ4v) is 3.12. The quantitative estimate of drug-likeness (QED) is 0.571. The van der Waals surface area contributed by atoms with Crippen molar-refractivity contribution in [2.75, 3.05) is 11.9 Å². The van der Waals surface area contributed by atoms with Crippen LogP contribution in [0.4, 0.5) is 13.9 Å². The molecular weight excluding hydrogens is 402 g/mol. The van der Waals surface area contributed by atoms with Gasteiger partial charge in [-0.3, -0.25) is 10.1 Å². The predicted octanol–water partition coefficient (Wildman–Crippen LogP) is 4.52. The van der Waals surface area contributed by atoms with E-state index in [-0.39, 0.29) is 11.3 Å². The number of anilines is 1. The summed E-state index contributed by atoms with van der Waals surface area (Å²) in [7, 11) is 0. The Labute approximate surface area is 169 Å². The molecule has 29 heavy (non-hydrogen) atoms. The summed E-state index contributed by atoms with van der Waals surface area (Å²) < 4.78 is 34.0. The minimum atomic E-state index is -3.08. The predicted molar refractivity (Wildman–Crippen MR) is 104 cm³/mol. The van der Waals surface area contributed by atoms with Gasteiger partial charge in [0.1, 0.15) is 11.3 Å². The highest BCUT2D eigenvalue weighted by atomic mass is 32.1. The number of ether oxygens (including phenoxy) is 2. The van der Waals surface area contributed by atoms with E-state index in [9.17, 15) is 18.4 Å². The maximum absolute atomic E-state index is 12.4. The third kappa shape index (κ3) is 5.58. The van der Waals surface area contributed by atoms with Crippen LogP contribution in [-0.2, 0) is 9.53 Å². The molecule has 0 saturated carbocycles. The second-order valence-corrected chi connectivity index (χ2v) is 6.76. The Kier molecular flexibility index (Phi) is 6.50. The van der Waals surface area contributed by atoms with Gasteiger partial charge < -0.3 is 9.47 Å². The number of esters is 1. The highest BCUT2D eigenvalue weighted by Crippen LogP contribution is 2.25. The number of amides is 1. The van der Waals surface area contributed by atoms with Gasteiger partial charge in [-0.05, 0) is 19.1 Å². The summed E-state index contributed by atoms with van der Waals surface area (Å²) in [6.07, 6.45) is 0. The van der Waals surface area contributed by atoms with Crippen molar-refractivity contribution in [1.82, 2.24) is 4.98 Å². The number of para-hydroxylation sites is 1. The number of hydrogen-bond donors (Lipinski definition) is 1. The van der Waals surface area contributed by atoms with E-state index in [1.807, 2.05) is 31.2 Å². The number of aromatic nitrogens is 1. The van der Waals surface area contributed by atoms with Gasteiger partial charge in [0, 0.05) is 10.9 Å². The normalized spacial score (nSPS) is 10.6. The van der Waals surface area contributed by atoms with E-state index in [4.69, 9.17) is 4.74 Å². The van der Waals surface area contributed by atoms with Gasteiger partial charge in [0.05, 0.1) is 5.69 Å². The third-order valence-electron chi connectivity index (χ3n) is 3.76. The molecular formula is C20H16F2N2O4S. The maximum atomic E-state index is 12.4. The molecule has 0 aliphatic carbocycles. The van der Waals surface area contributed by atoms with Crippen molar-refractivity contribution in [1.29, 1.82) is 0 Å². The molecule has 2 aromatic carbocycles. The number of thiazole rings is 1. The van der Waals surface area contributed by atoms with E-state index in [0.717, 1.165) is 11.1 Å². The van der Waals surface area contributed by atoms with Gasteiger partial charge in [-0.25, -0.2) is 9.78 Å². The summed E-state index contributed by atoms with van der Waals surface area (Å²) in [5.41, 5.74) is 2.55. The fraction of sp³-hybridized carbons (Fsp3) is 0.150. The minimum Gasteiger partial charge on any atom is -0.452 e. The largest absolute Gasteiger partial charge is 0.452 e. The number of hydrogen-bond acceptors (Lipinski definition) is 6. The number of halogens is 2. The first kappa shape index (κ1) is 20.4. The number of aryl methyl sites for hydroxylation is 1. The average molecular weight is 418 g/mol. The van der Waals surface area contributed by atoms with Crippen LogP contribution < -0.4 is 10.1 Å². The monoisotopic (exact) mass is 418 g/mol. The Morgan fingerprint density at radius 3 is 2.59 bits per heavy atom. The highest BCUT2D eigenvalue weighted by molar-refractivity contribution is 7.14. The lowest BCUT2D eigenvalue weighted by molar-refractivity contribution is -0.119. The number of rotatable bonds is 7. The van der Waals surface area contributed by atoms with Crippen molar-refractivity contribution in [3.63, 3.8) is 0 Å². The molecule has 0 bridgehead atoms.